The van der Waals surface area contributed by atoms with E-state index in [0.29, 0.717) is 25.3 Å². The maximum atomic E-state index is 12.1. The van der Waals surface area contributed by atoms with E-state index in [2.05, 4.69) is 15.5 Å². The molecule has 0 unspecified atom stereocenters. The third-order valence-electron chi connectivity index (χ3n) is 3.89. The molecule has 2 aromatic rings. The summed E-state index contributed by atoms with van der Waals surface area (Å²) in [6.45, 7) is 1.61. The van der Waals surface area contributed by atoms with Gasteiger partial charge in [0.25, 0.3) is 5.91 Å². The number of hydrogen-bond acceptors (Lipinski definition) is 4. The summed E-state index contributed by atoms with van der Waals surface area (Å²) in [6.07, 6.45) is 1.12. The minimum absolute atomic E-state index is 0. The van der Waals surface area contributed by atoms with E-state index in [-0.39, 0.29) is 36.7 Å². The summed E-state index contributed by atoms with van der Waals surface area (Å²) in [5, 5.41) is 10.4. The van der Waals surface area contributed by atoms with Crippen LogP contribution in [0.15, 0.2) is 24.3 Å². The predicted molar refractivity (Wildman–Crippen MR) is 89.5 cm³/mol. The van der Waals surface area contributed by atoms with E-state index in [1.165, 1.54) is 0 Å². The van der Waals surface area contributed by atoms with Crippen molar-refractivity contribution in [1.82, 2.24) is 20.4 Å². The summed E-state index contributed by atoms with van der Waals surface area (Å²) in [5.74, 6) is -0.247. The minimum Gasteiger partial charge on any atom is -0.350 e. The van der Waals surface area contributed by atoms with Gasteiger partial charge in [0.2, 0.25) is 5.91 Å². The van der Waals surface area contributed by atoms with Crippen LogP contribution >= 0.6 is 12.4 Å². The molecular formula is C15H20ClN5O2. The van der Waals surface area contributed by atoms with Crippen LogP contribution in [-0.2, 0) is 4.79 Å². The van der Waals surface area contributed by atoms with Crippen LogP contribution in [0.5, 0.6) is 0 Å². The van der Waals surface area contributed by atoms with Crippen molar-refractivity contribution in [3.63, 3.8) is 0 Å². The zero-order valence-corrected chi connectivity index (χ0v) is 13.4. The highest BCUT2D eigenvalue weighted by Crippen LogP contribution is 2.14. The molecule has 2 amide bonds. The molecule has 1 aromatic carbocycles. The summed E-state index contributed by atoms with van der Waals surface area (Å²) >= 11 is 0. The molecule has 0 saturated carbocycles. The van der Waals surface area contributed by atoms with E-state index in [1.54, 1.807) is 4.90 Å². The van der Waals surface area contributed by atoms with E-state index in [4.69, 9.17) is 5.73 Å². The smallest absolute Gasteiger partial charge is 0.272 e. The number of amides is 2. The van der Waals surface area contributed by atoms with Crippen molar-refractivity contribution in [2.75, 3.05) is 19.6 Å². The van der Waals surface area contributed by atoms with Gasteiger partial charge in [-0.1, -0.05) is 18.2 Å². The second-order valence-electron chi connectivity index (χ2n) is 5.51. The number of hydrogen-bond donors (Lipinski definition) is 3. The Morgan fingerprint density at radius 1 is 1.39 bits per heavy atom. The van der Waals surface area contributed by atoms with Crippen molar-refractivity contribution >= 4 is 35.1 Å². The number of benzene rings is 1. The fourth-order valence-electron chi connectivity index (χ4n) is 2.68. The van der Waals surface area contributed by atoms with Gasteiger partial charge in [-0.2, -0.15) is 5.10 Å². The van der Waals surface area contributed by atoms with Crippen LogP contribution in [0, 0.1) is 0 Å². The highest BCUT2D eigenvalue weighted by molar-refractivity contribution is 6.04. The van der Waals surface area contributed by atoms with E-state index < -0.39 is 0 Å². The summed E-state index contributed by atoms with van der Waals surface area (Å²) in [6, 6.07) is 7.51. The number of nitrogens with two attached hydrogens (primary N) is 1. The lowest BCUT2D eigenvalue weighted by Crippen LogP contribution is -2.35. The molecule has 1 aliphatic rings. The molecule has 1 saturated heterocycles. The number of fused-ring (bicyclic) bond motifs is 1. The average Bonchev–Trinajstić information content (AvgIpc) is 3.13. The number of halogens is 1. The third kappa shape index (κ3) is 3.80. The first-order chi connectivity index (χ1) is 10.6. The minimum atomic E-state index is -0.275. The molecule has 0 radical (unpaired) electrons. The summed E-state index contributed by atoms with van der Waals surface area (Å²) in [4.78, 5) is 25.9. The maximum absolute atomic E-state index is 12.1. The van der Waals surface area contributed by atoms with Crippen molar-refractivity contribution in [2.45, 2.75) is 18.9 Å². The average molecular weight is 338 g/mol. The van der Waals surface area contributed by atoms with E-state index in [0.717, 1.165) is 17.3 Å². The molecule has 4 N–H and O–H groups in total. The van der Waals surface area contributed by atoms with Gasteiger partial charge in [-0.3, -0.25) is 14.7 Å². The lowest BCUT2D eigenvalue weighted by molar-refractivity contribution is -0.130. The Morgan fingerprint density at radius 2 is 2.17 bits per heavy atom. The Balaban J connectivity index is 0.00000192. The number of rotatable bonds is 4. The number of carbonyl (C=O) groups is 2. The van der Waals surface area contributed by atoms with Gasteiger partial charge in [-0.15, -0.1) is 12.4 Å². The Bertz CT molecular complexity index is 702. The first kappa shape index (κ1) is 17.2. The van der Waals surface area contributed by atoms with Gasteiger partial charge in [-0.25, -0.2) is 0 Å². The Kier molecular flexibility index (Phi) is 5.57. The van der Waals surface area contributed by atoms with Gasteiger partial charge >= 0.3 is 0 Å². The number of nitrogens with zero attached hydrogens (tertiary/aromatic N) is 2. The molecule has 1 fully saturated rings. The molecule has 2 heterocycles. The third-order valence-corrected chi connectivity index (χ3v) is 3.89. The molecule has 124 valence electrons. The standard InChI is InChI=1S/C15H19N5O2.ClH/c16-10-6-8-20(9-10)13(21)5-7-17-15(22)14-11-3-1-2-4-12(11)18-19-14;/h1-4,10H,5-9,16H2,(H,17,22)(H,18,19);1H/t10-;/m1./s1. The molecule has 8 heteroatoms. The largest absolute Gasteiger partial charge is 0.350 e. The molecule has 23 heavy (non-hydrogen) atoms. The molecule has 7 nitrogen and oxygen atoms in total. The second kappa shape index (κ2) is 7.43. The highest BCUT2D eigenvalue weighted by Gasteiger charge is 2.23. The quantitative estimate of drug-likeness (QED) is 0.762. The number of para-hydroxylation sites is 1. The molecule has 1 atom stereocenters. The van der Waals surface area contributed by atoms with Crippen LogP contribution in [-0.4, -0.2) is 52.6 Å². The number of aromatic amines is 1. The molecule has 3 rings (SSSR count). The van der Waals surface area contributed by atoms with Crippen molar-refractivity contribution in [2.24, 2.45) is 5.73 Å². The molecule has 0 bridgehead atoms. The van der Waals surface area contributed by atoms with Gasteiger partial charge in [0, 0.05) is 37.5 Å². The van der Waals surface area contributed by atoms with Crippen molar-refractivity contribution in [3.8, 4) is 0 Å². The molecule has 0 aliphatic carbocycles. The van der Waals surface area contributed by atoms with Gasteiger partial charge in [0.05, 0.1) is 5.52 Å². The van der Waals surface area contributed by atoms with Crippen molar-refractivity contribution < 1.29 is 9.59 Å². The Labute approximate surface area is 140 Å². The van der Waals surface area contributed by atoms with Crippen LogP contribution < -0.4 is 11.1 Å². The molecule has 1 aliphatic heterocycles. The van der Waals surface area contributed by atoms with Crippen LogP contribution in [0.25, 0.3) is 10.9 Å². The summed E-state index contributed by atoms with van der Waals surface area (Å²) in [7, 11) is 0. The van der Waals surface area contributed by atoms with E-state index in [1.807, 2.05) is 24.3 Å². The van der Waals surface area contributed by atoms with Crippen molar-refractivity contribution in [1.29, 1.82) is 0 Å². The highest BCUT2D eigenvalue weighted by atomic mass is 35.5. The van der Waals surface area contributed by atoms with E-state index >= 15 is 0 Å². The Hall–Kier alpha value is -2.12. The number of nitrogens with one attached hydrogen (secondary N) is 2. The Morgan fingerprint density at radius 3 is 2.91 bits per heavy atom. The van der Waals surface area contributed by atoms with Gasteiger partial charge in [-0.05, 0) is 12.5 Å². The fourth-order valence-corrected chi connectivity index (χ4v) is 2.68. The number of aromatic nitrogens is 2. The van der Waals surface area contributed by atoms with Crippen LogP contribution in [0.4, 0.5) is 0 Å². The maximum Gasteiger partial charge on any atom is 0.272 e. The predicted octanol–water partition coefficient (Wildman–Crippen LogP) is 0.664. The second-order valence-corrected chi connectivity index (χ2v) is 5.51. The van der Waals surface area contributed by atoms with Crippen molar-refractivity contribution in [3.05, 3.63) is 30.0 Å². The van der Waals surface area contributed by atoms with E-state index in [9.17, 15) is 9.59 Å². The SMILES string of the molecule is Cl.N[C@@H]1CCN(C(=O)CCNC(=O)c2n[nH]c3ccccc23)C1. The number of carbonyl (C=O) groups excluding carboxylic acids is 2. The monoisotopic (exact) mass is 337 g/mol. The first-order valence-electron chi connectivity index (χ1n) is 7.40. The summed E-state index contributed by atoms with van der Waals surface area (Å²) in [5.41, 5.74) is 6.95. The van der Waals surface area contributed by atoms with Crippen LogP contribution in [0.3, 0.4) is 0 Å². The van der Waals surface area contributed by atoms with Crippen LogP contribution in [0.1, 0.15) is 23.3 Å². The first-order valence-corrected chi connectivity index (χ1v) is 7.40. The van der Waals surface area contributed by atoms with Gasteiger partial charge in [0.1, 0.15) is 0 Å². The van der Waals surface area contributed by atoms with Gasteiger partial charge < -0.3 is 16.0 Å². The molecule has 0 spiro atoms. The molecular weight excluding hydrogens is 318 g/mol. The normalized spacial score (nSPS) is 17.1. The zero-order valence-electron chi connectivity index (χ0n) is 12.6. The van der Waals surface area contributed by atoms with Gasteiger partial charge in [0.15, 0.2) is 5.69 Å². The topological polar surface area (TPSA) is 104 Å². The van der Waals surface area contributed by atoms with Crippen LogP contribution in [0.2, 0.25) is 0 Å². The molecule has 1 aromatic heterocycles. The lowest BCUT2D eigenvalue weighted by Gasteiger charge is -2.15. The number of likely N-dealkylation sites (tertiary alicyclic amines) is 1. The lowest BCUT2D eigenvalue weighted by atomic mass is 10.2. The fraction of sp³-hybridized carbons (Fsp3) is 0.400. The number of H-pyrrole nitrogens is 1. The summed E-state index contributed by atoms with van der Waals surface area (Å²) < 4.78 is 0. The zero-order chi connectivity index (χ0) is 15.5.